The number of hydrogen-bond acceptors (Lipinski definition) is 3. The highest BCUT2D eigenvalue weighted by atomic mass is 16.2. The van der Waals surface area contributed by atoms with Crippen LogP contribution >= 0.6 is 0 Å². The molecular formula is C14H19N3O2. The number of rotatable bonds is 3. The van der Waals surface area contributed by atoms with E-state index < -0.39 is 0 Å². The second kappa shape index (κ2) is 5.84. The molecule has 0 spiro atoms. The van der Waals surface area contributed by atoms with Crippen LogP contribution in [0.15, 0.2) is 24.3 Å². The van der Waals surface area contributed by atoms with Gasteiger partial charge in [0, 0.05) is 13.6 Å². The summed E-state index contributed by atoms with van der Waals surface area (Å²) in [4.78, 5) is 23.9. The van der Waals surface area contributed by atoms with Crippen molar-refractivity contribution in [1.29, 1.82) is 0 Å². The van der Waals surface area contributed by atoms with Crippen LogP contribution in [0.5, 0.6) is 0 Å². The van der Waals surface area contributed by atoms with Crippen molar-refractivity contribution in [3.05, 3.63) is 29.8 Å². The molecule has 1 saturated heterocycles. The SMILES string of the molecule is CNC(=O)c1ccccc1NC(=O)[C@@H]1CNC[C@H]1C. The summed E-state index contributed by atoms with van der Waals surface area (Å²) < 4.78 is 0. The van der Waals surface area contributed by atoms with E-state index in [9.17, 15) is 9.59 Å². The topological polar surface area (TPSA) is 70.2 Å². The van der Waals surface area contributed by atoms with Gasteiger partial charge in [0.2, 0.25) is 5.91 Å². The third-order valence-corrected chi connectivity index (χ3v) is 3.51. The van der Waals surface area contributed by atoms with Crippen molar-refractivity contribution in [2.24, 2.45) is 11.8 Å². The first-order chi connectivity index (χ1) is 9.13. The average Bonchev–Trinajstić information content (AvgIpc) is 2.85. The fourth-order valence-corrected chi connectivity index (χ4v) is 2.31. The van der Waals surface area contributed by atoms with Gasteiger partial charge in [0.1, 0.15) is 0 Å². The van der Waals surface area contributed by atoms with Crippen molar-refractivity contribution in [3.63, 3.8) is 0 Å². The normalized spacial score (nSPS) is 22.0. The van der Waals surface area contributed by atoms with E-state index in [1.807, 2.05) is 0 Å². The van der Waals surface area contributed by atoms with Gasteiger partial charge in [0.05, 0.1) is 17.2 Å². The van der Waals surface area contributed by atoms with E-state index in [-0.39, 0.29) is 17.7 Å². The molecule has 0 aromatic heterocycles. The van der Waals surface area contributed by atoms with E-state index in [0.717, 1.165) is 6.54 Å². The Balaban J connectivity index is 2.14. The lowest BCUT2D eigenvalue weighted by molar-refractivity contribution is -0.120. The molecule has 2 atom stereocenters. The highest BCUT2D eigenvalue weighted by molar-refractivity contribution is 6.04. The van der Waals surface area contributed by atoms with Crippen LogP contribution in [0.4, 0.5) is 5.69 Å². The van der Waals surface area contributed by atoms with Crippen molar-refractivity contribution < 1.29 is 9.59 Å². The molecule has 0 radical (unpaired) electrons. The molecule has 0 aliphatic carbocycles. The zero-order chi connectivity index (χ0) is 13.8. The van der Waals surface area contributed by atoms with E-state index in [4.69, 9.17) is 0 Å². The first-order valence-corrected chi connectivity index (χ1v) is 6.46. The Hall–Kier alpha value is -1.88. The molecule has 102 valence electrons. The van der Waals surface area contributed by atoms with Gasteiger partial charge in [-0.2, -0.15) is 0 Å². The van der Waals surface area contributed by atoms with Gasteiger partial charge in [0.15, 0.2) is 0 Å². The van der Waals surface area contributed by atoms with Crippen LogP contribution in [-0.4, -0.2) is 32.0 Å². The molecule has 1 aliphatic rings. The van der Waals surface area contributed by atoms with Crippen molar-refractivity contribution in [1.82, 2.24) is 10.6 Å². The van der Waals surface area contributed by atoms with Crippen LogP contribution < -0.4 is 16.0 Å². The van der Waals surface area contributed by atoms with E-state index in [1.165, 1.54) is 0 Å². The molecule has 1 fully saturated rings. The summed E-state index contributed by atoms with van der Waals surface area (Å²) in [5, 5.41) is 8.63. The first kappa shape index (κ1) is 13.5. The van der Waals surface area contributed by atoms with Crippen LogP contribution in [0.3, 0.4) is 0 Å². The Kier molecular flexibility index (Phi) is 4.16. The third-order valence-electron chi connectivity index (χ3n) is 3.51. The molecule has 0 bridgehead atoms. The van der Waals surface area contributed by atoms with Crippen LogP contribution in [0.25, 0.3) is 0 Å². The molecule has 5 heteroatoms. The third kappa shape index (κ3) is 2.93. The van der Waals surface area contributed by atoms with Gasteiger partial charge in [-0.05, 0) is 24.6 Å². The van der Waals surface area contributed by atoms with Crippen molar-refractivity contribution in [3.8, 4) is 0 Å². The van der Waals surface area contributed by atoms with Gasteiger partial charge in [-0.25, -0.2) is 0 Å². The second-order valence-electron chi connectivity index (χ2n) is 4.86. The number of nitrogens with one attached hydrogen (secondary N) is 3. The fourth-order valence-electron chi connectivity index (χ4n) is 2.31. The number of para-hydroxylation sites is 1. The summed E-state index contributed by atoms with van der Waals surface area (Å²) in [7, 11) is 1.57. The Morgan fingerprint density at radius 2 is 2.00 bits per heavy atom. The Morgan fingerprint density at radius 1 is 1.26 bits per heavy atom. The lowest BCUT2D eigenvalue weighted by atomic mass is 9.97. The summed E-state index contributed by atoms with van der Waals surface area (Å²) in [6, 6.07) is 7.03. The maximum Gasteiger partial charge on any atom is 0.253 e. The summed E-state index contributed by atoms with van der Waals surface area (Å²) in [6.45, 7) is 3.60. The Labute approximate surface area is 112 Å². The lowest BCUT2D eigenvalue weighted by Crippen LogP contribution is -2.29. The molecule has 1 aromatic rings. The average molecular weight is 261 g/mol. The smallest absolute Gasteiger partial charge is 0.253 e. The van der Waals surface area contributed by atoms with Crippen LogP contribution in [0.1, 0.15) is 17.3 Å². The zero-order valence-corrected chi connectivity index (χ0v) is 11.2. The minimum Gasteiger partial charge on any atom is -0.355 e. The number of carbonyl (C=O) groups is 2. The standard InChI is InChI=1S/C14H19N3O2/c1-9-7-16-8-11(9)14(19)17-12-6-4-3-5-10(12)13(18)15-2/h3-6,9,11,16H,7-8H2,1-2H3,(H,15,18)(H,17,19)/t9-,11-/m1/s1. The number of anilines is 1. The Bertz CT molecular complexity index is 487. The first-order valence-electron chi connectivity index (χ1n) is 6.46. The summed E-state index contributed by atoms with van der Waals surface area (Å²) in [5.74, 6) is 0.0345. The predicted octanol–water partition coefficient (Wildman–Crippen LogP) is 0.840. The number of benzene rings is 1. The molecule has 5 nitrogen and oxygen atoms in total. The van der Waals surface area contributed by atoms with Gasteiger partial charge in [-0.15, -0.1) is 0 Å². The summed E-state index contributed by atoms with van der Waals surface area (Å²) in [5.41, 5.74) is 1.04. The van der Waals surface area contributed by atoms with Crippen LogP contribution in [-0.2, 0) is 4.79 Å². The highest BCUT2D eigenvalue weighted by Gasteiger charge is 2.30. The van der Waals surface area contributed by atoms with Crippen LogP contribution in [0, 0.1) is 11.8 Å². The number of carbonyl (C=O) groups excluding carboxylic acids is 2. The molecule has 0 saturated carbocycles. The van der Waals surface area contributed by atoms with Crippen molar-refractivity contribution in [2.45, 2.75) is 6.92 Å². The maximum atomic E-state index is 12.2. The molecule has 0 unspecified atom stereocenters. The quantitative estimate of drug-likeness (QED) is 0.755. The van der Waals surface area contributed by atoms with E-state index in [2.05, 4.69) is 22.9 Å². The van der Waals surface area contributed by atoms with Crippen molar-refractivity contribution >= 4 is 17.5 Å². The van der Waals surface area contributed by atoms with E-state index in [0.29, 0.717) is 23.7 Å². The molecule has 1 aromatic carbocycles. The molecule has 2 amide bonds. The summed E-state index contributed by atoms with van der Waals surface area (Å²) >= 11 is 0. The van der Waals surface area contributed by atoms with Gasteiger partial charge >= 0.3 is 0 Å². The largest absolute Gasteiger partial charge is 0.355 e. The molecule has 19 heavy (non-hydrogen) atoms. The lowest BCUT2D eigenvalue weighted by Gasteiger charge is -2.16. The molecular weight excluding hydrogens is 242 g/mol. The monoisotopic (exact) mass is 261 g/mol. The second-order valence-corrected chi connectivity index (χ2v) is 4.86. The molecule has 3 N–H and O–H groups in total. The minimum atomic E-state index is -0.200. The number of amides is 2. The number of hydrogen-bond donors (Lipinski definition) is 3. The fraction of sp³-hybridized carbons (Fsp3) is 0.429. The maximum absolute atomic E-state index is 12.2. The van der Waals surface area contributed by atoms with Gasteiger partial charge < -0.3 is 16.0 Å². The highest BCUT2D eigenvalue weighted by Crippen LogP contribution is 2.20. The van der Waals surface area contributed by atoms with Gasteiger partial charge in [0.25, 0.3) is 5.91 Å². The minimum absolute atomic E-state index is 0.0335. The van der Waals surface area contributed by atoms with E-state index >= 15 is 0 Å². The molecule has 1 heterocycles. The van der Waals surface area contributed by atoms with Crippen LogP contribution in [0.2, 0.25) is 0 Å². The van der Waals surface area contributed by atoms with Gasteiger partial charge in [-0.1, -0.05) is 19.1 Å². The predicted molar refractivity (Wildman–Crippen MR) is 74.0 cm³/mol. The van der Waals surface area contributed by atoms with Crippen molar-refractivity contribution in [2.75, 3.05) is 25.5 Å². The summed E-state index contributed by atoms with van der Waals surface area (Å²) in [6.07, 6.45) is 0. The molecule has 1 aliphatic heterocycles. The Morgan fingerprint density at radius 3 is 2.63 bits per heavy atom. The van der Waals surface area contributed by atoms with E-state index in [1.54, 1.807) is 31.3 Å². The van der Waals surface area contributed by atoms with Gasteiger partial charge in [-0.3, -0.25) is 9.59 Å². The molecule has 2 rings (SSSR count). The zero-order valence-electron chi connectivity index (χ0n) is 11.2.